The number of aromatic nitrogens is 3. The van der Waals surface area contributed by atoms with Crippen LogP contribution in [-0.2, 0) is 11.2 Å². The molecule has 4 aromatic rings. The van der Waals surface area contributed by atoms with E-state index in [9.17, 15) is 9.59 Å². The molecule has 1 aromatic heterocycles. The molecule has 0 aliphatic rings. The van der Waals surface area contributed by atoms with E-state index in [1.165, 1.54) is 29.6 Å². The fourth-order valence-corrected chi connectivity index (χ4v) is 4.77. The first kappa shape index (κ1) is 23.5. The normalized spacial score (nSPS) is 11.9. The molecule has 1 unspecified atom stereocenters. The molecule has 8 heteroatoms. The van der Waals surface area contributed by atoms with E-state index in [-0.39, 0.29) is 0 Å². The van der Waals surface area contributed by atoms with Gasteiger partial charge in [0.15, 0.2) is 5.16 Å². The third kappa shape index (κ3) is 4.97. The lowest BCUT2D eigenvalue weighted by atomic mass is 10.0. The minimum Gasteiger partial charge on any atom is -0.341 e. The van der Waals surface area contributed by atoms with Crippen LogP contribution in [0.25, 0.3) is 16.5 Å². The largest absolute Gasteiger partial charge is 0.341 e. The summed E-state index contributed by atoms with van der Waals surface area (Å²) < 4.78 is 2.02. The summed E-state index contributed by atoms with van der Waals surface area (Å²) in [5.74, 6) is 0.389. The van der Waals surface area contributed by atoms with Gasteiger partial charge < -0.3 is 5.32 Å². The molecular formula is C26H27N5O2S. The van der Waals surface area contributed by atoms with E-state index >= 15 is 0 Å². The number of urea groups is 1. The number of carbonyl (C=O) groups is 2. The van der Waals surface area contributed by atoms with Crippen molar-refractivity contribution in [2.45, 2.75) is 37.6 Å². The van der Waals surface area contributed by atoms with Gasteiger partial charge in [-0.2, -0.15) is 0 Å². The molecule has 1 heterocycles. The van der Waals surface area contributed by atoms with Gasteiger partial charge in [-0.1, -0.05) is 71.9 Å². The van der Waals surface area contributed by atoms with Crippen molar-refractivity contribution >= 4 is 34.5 Å². The van der Waals surface area contributed by atoms with Gasteiger partial charge in [0.05, 0.1) is 10.9 Å². The number of rotatable bonds is 6. The smallest absolute Gasteiger partial charge is 0.321 e. The van der Waals surface area contributed by atoms with Gasteiger partial charge in [0.25, 0.3) is 0 Å². The fourth-order valence-electron chi connectivity index (χ4n) is 3.89. The van der Waals surface area contributed by atoms with Gasteiger partial charge in [0.1, 0.15) is 5.82 Å². The molecule has 0 saturated heterocycles. The Bertz CT molecular complexity index is 1360. The Hall–Kier alpha value is -3.65. The van der Waals surface area contributed by atoms with Gasteiger partial charge in [-0.25, -0.2) is 4.79 Å². The zero-order chi connectivity index (χ0) is 24.2. The number of hydrogen-bond donors (Lipinski definition) is 2. The molecule has 2 N–H and O–H groups in total. The Balaban J connectivity index is 1.74. The molecule has 7 nitrogen and oxygen atoms in total. The Labute approximate surface area is 203 Å². The van der Waals surface area contributed by atoms with E-state index in [0.29, 0.717) is 11.6 Å². The number of fused-ring (bicyclic) bond motifs is 1. The van der Waals surface area contributed by atoms with Crippen molar-refractivity contribution in [3.05, 3.63) is 83.2 Å². The summed E-state index contributed by atoms with van der Waals surface area (Å²) >= 11 is 1.27. The van der Waals surface area contributed by atoms with Gasteiger partial charge in [-0.3, -0.25) is 14.7 Å². The second-order valence-electron chi connectivity index (χ2n) is 8.17. The summed E-state index contributed by atoms with van der Waals surface area (Å²) in [6, 6.07) is 20.2. The van der Waals surface area contributed by atoms with Gasteiger partial charge in [-0.05, 0) is 48.7 Å². The first-order chi connectivity index (χ1) is 16.4. The van der Waals surface area contributed by atoms with E-state index in [1.807, 2.05) is 16.7 Å². The summed E-state index contributed by atoms with van der Waals surface area (Å²) in [4.78, 5) is 24.0. The Morgan fingerprint density at radius 3 is 2.56 bits per heavy atom. The lowest BCUT2D eigenvalue weighted by Crippen LogP contribution is -2.41. The number of benzene rings is 3. The van der Waals surface area contributed by atoms with Crippen LogP contribution in [-0.4, -0.2) is 39.0 Å². The molecule has 174 valence electrons. The van der Waals surface area contributed by atoms with Crippen molar-refractivity contribution in [2.24, 2.45) is 0 Å². The van der Waals surface area contributed by atoms with Crippen LogP contribution in [0.3, 0.4) is 0 Å². The quantitative estimate of drug-likeness (QED) is 0.401. The predicted molar refractivity (Wildman–Crippen MR) is 136 cm³/mol. The maximum absolute atomic E-state index is 12.5. The Morgan fingerprint density at radius 2 is 1.79 bits per heavy atom. The molecule has 0 aliphatic heterocycles. The minimum absolute atomic E-state index is 0.393. The highest BCUT2D eigenvalue weighted by Gasteiger charge is 2.23. The fraction of sp³-hybridized carbons (Fsp3) is 0.231. The average Bonchev–Trinajstić information content (AvgIpc) is 3.20. The van der Waals surface area contributed by atoms with Crippen LogP contribution in [0.4, 0.5) is 4.79 Å². The van der Waals surface area contributed by atoms with E-state index in [2.05, 4.69) is 83.2 Å². The number of thioether (sulfide) groups is 1. The lowest BCUT2D eigenvalue weighted by Gasteiger charge is -2.16. The Kier molecular flexibility index (Phi) is 6.98. The van der Waals surface area contributed by atoms with Crippen molar-refractivity contribution < 1.29 is 9.59 Å². The predicted octanol–water partition coefficient (Wildman–Crippen LogP) is 4.56. The summed E-state index contributed by atoms with van der Waals surface area (Å²) in [7, 11) is 1.47. The number of aryl methyl sites for hydroxylation is 2. The number of imide groups is 1. The van der Waals surface area contributed by atoms with Crippen molar-refractivity contribution in [3.63, 3.8) is 0 Å². The molecule has 0 bridgehead atoms. The second kappa shape index (κ2) is 10.1. The average molecular weight is 474 g/mol. The lowest BCUT2D eigenvalue weighted by molar-refractivity contribution is -0.119. The monoisotopic (exact) mass is 473 g/mol. The van der Waals surface area contributed by atoms with E-state index in [4.69, 9.17) is 0 Å². The first-order valence-electron chi connectivity index (χ1n) is 11.0. The first-order valence-corrected chi connectivity index (χ1v) is 11.9. The van der Waals surface area contributed by atoms with Crippen LogP contribution in [0, 0.1) is 13.8 Å². The van der Waals surface area contributed by atoms with Crippen LogP contribution >= 0.6 is 11.8 Å². The maximum Gasteiger partial charge on any atom is 0.321 e. The standard InChI is InChI=1S/C26H27N5O2S/c1-16-12-13-22(17(2)14-16)31-23(15-20-10-7-9-19-8-5-6-11-21(19)20)29-30-26(31)34-18(3)24(32)28-25(33)27-4/h5-14,18H,15H2,1-4H3,(H2,27,28,32,33). The van der Waals surface area contributed by atoms with Gasteiger partial charge in [0.2, 0.25) is 5.91 Å². The summed E-state index contributed by atoms with van der Waals surface area (Å²) in [5, 5.41) is 16.1. The molecule has 0 spiro atoms. The van der Waals surface area contributed by atoms with E-state index < -0.39 is 17.2 Å². The number of nitrogens with zero attached hydrogens (tertiary/aromatic N) is 3. The van der Waals surface area contributed by atoms with Crippen molar-refractivity contribution in [3.8, 4) is 5.69 Å². The Morgan fingerprint density at radius 1 is 1.03 bits per heavy atom. The number of amides is 3. The molecule has 0 fully saturated rings. The van der Waals surface area contributed by atoms with Crippen LogP contribution in [0.5, 0.6) is 0 Å². The van der Waals surface area contributed by atoms with Crippen molar-refractivity contribution in [1.82, 2.24) is 25.4 Å². The van der Waals surface area contributed by atoms with Crippen molar-refractivity contribution in [1.29, 1.82) is 0 Å². The van der Waals surface area contributed by atoms with Gasteiger partial charge >= 0.3 is 6.03 Å². The van der Waals surface area contributed by atoms with E-state index in [1.54, 1.807) is 6.92 Å². The summed E-state index contributed by atoms with van der Waals surface area (Å²) in [6.45, 7) is 5.86. The number of hydrogen-bond acceptors (Lipinski definition) is 5. The third-order valence-electron chi connectivity index (χ3n) is 5.64. The highest BCUT2D eigenvalue weighted by molar-refractivity contribution is 8.00. The zero-order valence-corrected chi connectivity index (χ0v) is 20.4. The second-order valence-corrected chi connectivity index (χ2v) is 9.48. The highest BCUT2D eigenvalue weighted by Crippen LogP contribution is 2.30. The number of nitrogens with one attached hydrogen (secondary N) is 2. The topological polar surface area (TPSA) is 88.9 Å². The van der Waals surface area contributed by atoms with Gasteiger partial charge in [-0.15, -0.1) is 10.2 Å². The molecule has 0 radical (unpaired) electrons. The maximum atomic E-state index is 12.5. The SMILES string of the molecule is CNC(=O)NC(=O)C(C)Sc1nnc(Cc2cccc3ccccc23)n1-c1ccc(C)cc1C. The minimum atomic E-state index is -0.545. The third-order valence-corrected chi connectivity index (χ3v) is 6.68. The number of carbonyl (C=O) groups excluding carboxylic acids is 2. The van der Waals surface area contributed by atoms with E-state index in [0.717, 1.165) is 28.2 Å². The molecule has 1 atom stereocenters. The van der Waals surface area contributed by atoms with Crippen LogP contribution in [0.15, 0.2) is 65.8 Å². The molecule has 34 heavy (non-hydrogen) atoms. The van der Waals surface area contributed by atoms with Crippen molar-refractivity contribution in [2.75, 3.05) is 7.05 Å². The molecule has 4 rings (SSSR count). The zero-order valence-electron chi connectivity index (χ0n) is 19.6. The molecular weight excluding hydrogens is 446 g/mol. The van der Waals surface area contributed by atoms with Crippen LogP contribution in [0.2, 0.25) is 0 Å². The summed E-state index contributed by atoms with van der Waals surface area (Å²) in [5.41, 5.74) is 4.37. The van der Waals surface area contributed by atoms with Crippen LogP contribution in [0.1, 0.15) is 29.4 Å². The molecule has 3 aromatic carbocycles. The highest BCUT2D eigenvalue weighted by atomic mass is 32.2. The summed E-state index contributed by atoms with van der Waals surface area (Å²) in [6.07, 6.45) is 0.584. The molecule has 0 aliphatic carbocycles. The molecule has 3 amide bonds. The van der Waals surface area contributed by atoms with Gasteiger partial charge in [0, 0.05) is 13.5 Å². The van der Waals surface area contributed by atoms with Crippen LogP contribution < -0.4 is 10.6 Å². The molecule has 0 saturated carbocycles.